The van der Waals surface area contributed by atoms with Gasteiger partial charge in [-0.15, -0.1) is 0 Å². The number of anilines is 3. The first-order valence-electron chi connectivity index (χ1n) is 21.1. The Kier molecular flexibility index (Phi) is 15.9. The van der Waals surface area contributed by atoms with Crippen LogP contribution in [0.1, 0.15) is 89.4 Å². The molecule has 0 spiro atoms. The molecule has 1 amide bonds. The predicted molar refractivity (Wildman–Crippen MR) is 253 cm³/mol. The number of fused-ring (bicyclic) bond motifs is 1. The number of aryl methyl sites for hydroxylation is 1. The Hall–Kier alpha value is -5.29. The number of rotatable bonds is 20. The Labute approximate surface area is 369 Å². The number of halogens is 2. The first-order valence-corrected chi connectivity index (χ1v) is 23.6. The Balaban J connectivity index is 1.34. The summed E-state index contributed by atoms with van der Waals surface area (Å²) in [5.74, 6) is -0.811. The van der Waals surface area contributed by atoms with Crippen LogP contribution in [0, 0.1) is 6.92 Å². The number of para-hydroxylation sites is 3. The van der Waals surface area contributed by atoms with Crippen LogP contribution in [-0.2, 0) is 14.6 Å². The number of amides is 1. The molecule has 0 aliphatic heterocycles. The zero-order chi connectivity index (χ0) is 43.4. The molecule has 5 aromatic carbocycles. The lowest BCUT2D eigenvalue weighted by atomic mass is 10.1. The third kappa shape index (κ3) is 11.4. The fourth-order valence-corrected chi connectivity index (χ4v) is 9.73. The van der Waals surface area contributed by atoms with Crippen molar-refractivity contribution in [2.45, 2.75) is 89.9 Å². The average molecular weight is 879 g/mol. The molecule has 0 unspecified atom stereocenters. The van der Waals surface area contributed by atoms with Crippen LogP contribution in [0.5, 0.6) is 0 Å². The summed E-state index contributed by atoms with van der Waals surface area (Å²) in [6.45, 7) is 6.90. The highest BCUT2D eigenvalue weighted by atomic mass is 35.5. The highest BCUT2D eigenvalue weighted by Crippen LogP contribution is 2.34. The van der Waals surface area contributed by atoms with E-state index in [1.807, 2.05) is 91.9 Å². The summed E-state index contributed by atoms with van der Waals surface area (Å²) in [5.41, 5.74) is 3.73. The maximum absolute atomic E-state index is 14.7. The minimum Gasteiger partial charge on any atom is -0.342 e. The molecule has 6 aromatic rings. The summed E-state index contributed by atoms with van der Waals surface area (Å²) in [7, 11) is -3.77. The quantitative estimate of drug-likeness (QED) is 0.0603. The number of aliphatic imine (C=N–C) groups is 1. The molecular formula is C49H53Cl2N5O4S. The molecule has 12 heteroatoms. The van der Waals surface area contributed by atoms with Crippen LogP contribution in [0.25, 0.3) is 16.6 Å². The molecule has 0 saturated carbocycles. The molecule has 1 N–H and O–H groups in total. The Morgan fingerprint density at radius 3 is 2.02 bits per heavy atom. The fourth-order valence-electron chi connectivity index (χ4n) is 7.48. The Morgan fingerprint density at radius 1 is 0.738 bits per heavy atom. The van der Waals surface area contributed by atoms with Crippen molar-refractivity contribution in [2.75, 3.05) is 22.5 Å². The van der Waals surface area contributed by atoms with Gasteiger partial charge in [-0.2, -0.15) is 4.98 Å². The first kappa shape index (κ1) is 45.2. The summed E-state index contributed by atoms with van der Waals surface area (Å²) < 4.78 is 28.7. The summed E-state index contributed by atoms with van der Waals surface area (Å²) >= 11 is 13.4. The number of nitrogens with one attached hydrogen (secondary N) is 1. The van der Waals surface area contributed by atoms with Crippen molar-refractivity contribution >= 4 is 78.3 Å². The second kappa shape index (κ2) is 21.5. The maximum Gasteiger partial charge on any atom is 0.281 e. The fraction of sp³-hybridized carbons (Fsp3) is 0.306. The van der Waals surface area contributed by atoms with E-state index in [4.69, 9.17) is 28.2 Å². The molecule has 9 nitrogen and oxygen atoms in total. The topological polar surface area (TPSA) is 114 Å². The van der Waals surface area contributed by atoms with Gasteiger partial charge < -0.3 is 10.2 Å². The van der Waals surface area contributed by atoms with Crippen molar-refractivity contribution in [1.29, 1.82) is 0 Å². The highest BCUT2D eigenvalue weighted by Gasteiger charge is 2.26. The van der Waals surface area contributed by atoms with Gasteiger partial charge in [0.25, 0.3) is 11.5 Å². The summed E-state index contributed by atoms with van der Waals surface area (Å²) in [4.78, 5) is 39.9. The van der Waals surface area contributed by atoms with Gasteiger partial charge in [0.1, 0.15) is 0 Å². The number of nitrogens with zero attached hydrogens (tertiary/aromatic N) is 4. The number of benzene rings is 5. The second-order valence-corrected chi connectivity index (χ2v) is 18.0. The van der Waals surface area contributed by atoms with Crippen LogP contribution in [0.3, 0.4) is 0 Å². The van der Waals surface area contributed by atoms with E-state index in [9.17, 15) is 18.0 Å². The van der Waals surface area contributed by atoms with Crippen molar-refractivity contribution in [3.05, 3.63) is 147 Å². The van der Waals surface area contributed by atoms with Gasteiger partial charge in [0, 0.05) is 23.6 Å². The van der Waals surface area contributed by atoms with Crippen LogP contribution >= 0.6 is 23.2 Å². The van der Waals surface area contributed by atoms with Gasteiger partial charge in [-0.05, 0) is 92.6 Å². The van der Waals surface area contributed by atoms with Crippen LogP contribution in [0.2, 0.25) is 10.0 Å². The zero-order valence-electron chi connectivity index (χ0n) is 35.0. The molecule has 0 atom stereocenters. The van der Waals surface area contributed by atoms with Crippen molar-refractivity contribution < 1.29 is 13.2 Å². The van der Waals surface area contributed by atoms with E-state index >= 15 is 0 Å². The van der Waals surface area contributed by atoms with Gasteiger partial charge in [0.2, 0.25) is 0 Å². The predicted octanol–water partition coefficient (Wildman–Crippen LogP) is 12.6. The van der Waals surface area contributed by atoms with E-state index in [1.54, 1.807) is 22.8 Å². The zero-order valence-corrected chi connectivity index (χ0v) is 37.4. The van der Waals surface area contributed by atoms with E-state index in [2.05, 4.69) is 29.0 Å². The van der Waals surface area contributed by atoms with Crippen LogP contribution in [-0.4, -0.2) is 41.9 Å². The third-order valence-electron chi connectivity index (χ3n) is 10.7. The molecule has 6 rings (SSSR count). The normalized spacial score (nSPS) is 11.9. The maximum atomic E-state index is 14.7. The molecule has 0 aliphatic rings. The number of hydrogen-bond acceptors (Lipinski definition) is 7. The van der Waals surface area contributed by atoms with Gasteiger partial charge in [-0.1, -0.05) is 136 Å². The smallest absolute Gasteiger partial charge is 0.281 e. The van der Waals surface area contributed by atoms with E-state index in [0.717, 1.165) is 42.6 Å². The van der Waals surface area contributed by atoms with E-state index in [1.165, 1.54) is 44.2 Å². The summed E-state index contributed by atoms with van der Waals surface area (Å²) in [6.07, 6.45) is 10.8. The lowest BCUT2D eigenvalue weighted by Gasteiger charge is -2.24. The summed E-state index contributed by atoms with van der Waals surface area (Å²) in [5, 5.41) is 3.09. The van der Waals surface area contributed by atoms with Gasteiger partial charge in [-0.3, -0.25) is 14.2 Å². The molecule has 0 bridgehead atoms. The Morgan fingerprint density at radius 2 is 1.36 bits per heavy atom. The molecule has 0 radical (unpaired) electrons. The number of aromatic nitrogens is 2. The number of sulfone groups is 1. The largest absolute Gasteiger partial charge is 0.342 e. The van der Waals surface area contributed by atoms with Crippen molar-refractivity contribution in [1.82, 2.24) is 9.55 Å². The lowest BCUT2D eigenvalue weighted by Crippen LogP contribution is -2.31. The third-order valence-corrected chi connectivity index (χ3v) is 13.3. The standard InChI is InChI=1S/C49H53Cl2N5O4S/c1-4-6-7-8-9-10-11-12-13-22-31-61(59,60)45-34-40(50)43(33-41(45)51)53-49(58)46(52-42-30-29-38(32-35(42)3)55(5-2)36-23-16-14-17-24-36)47-54-48(57)39-27-20-21-28-44(39)56(47)37-25-18-15-19-26-37/h14-21,23-30,32-34H,4-13,22,31H2,1-3H3,(H,53,58). The molecule has 0 aliphatic carbocycles. The molecule has 1 aromatic heterocycles. The molecule has 61 heavy (non-hydrogen) atoms. The van der Waals surface area contributed by atoms with E-state index in [-0.39, 0.29) is 37.9 Å². The number of unbranched alkanes of at least 4 members (excludes halogenated alkanes) is 9. The van der Waals surface area contributed by atoms with Gasteiger partial charge in [-0.25, -0.2) is 13.4 Å². The van der Waals surface area contributed by atoms with Crippen LogP contribution in [0.4, 0.5) is 22.7 Å². The average Bonchev–Trinajstić information content (AvgIpc) is 3.26. The molecule has 0 saturated heterocycles. The van der Waals surface area contributed by atoms with Crippen LogP contribution in [0.15, 0.2) is 130 Å². The minimum atomic E-state index is -3.77. The lowest BCUT2D eigenvalue weighted by molar-refractivity contribution is -0.110. The molecule has 1 heterocycles. The van der Waals surface area contributed by atoms with E-state index in [0.29, 0.717) is 35.2 Å². The van der Waals surface area contributed by atoms with Crippen molar-refractivity contribution in [3.8, 4) is 5.69 Å². The number of carbonyl (C=O) groups is 1. The first-order chi connectivity index (χ1) is 29.5. The molecule has 0 fully saturated rings. The minimum absolute atomic E-state index is 0.00624. The van der Waals surface area contributed by atoms with Gasteiger partial charge >= 0.3 is 0 Å². The van der Waals surface area contributed by atoms with E-state index < -0.39 is 21.3 Å². The van der Waals surface area contributed by atoms with Crippen molar-refractivity contribution in [3.63, 3.8) is 0 Å². The molecule has 318 valence electrons. The summed E-state index contributed by atoms with van der Waals surface area (Å²) in [6, 6.07) is 34.7. The Bertz CT molecular complexity index is 2650. The number of hydrogen-bond donors (Lipinski definition) is 1. The van der Waals surface area contributed by atoms with Crippen molar-refractivity contribution in [2.24, 2.45) is 4.99 Å². The highest BCUT2D eigenvalue weighted by molar-refractivity contribution is 7.91. The number of carbonyl (C=O) groups excluding carboxylic acids is 1. The van der Waals surface area contributed by atoms with Crippen LogP contribution < -0.4 is 15.8 Å². The second-order valence-electron chi connectivity index (χ2n) is 15.2. The van der Waals surface area contributed by atoms with Gasteiger partial charge in [0.15, 0.2) is 21.4 Å². The SMILES string of the molecule is CCCCCCCCCCCCS(=O)(=O)c1cc(Cl)c(NC(=O)C(=Nc2ccc(N(CC)c3ccccc3)cc2C)c2nc(=O)c3ccccc3n2-c2ccccc2)cc1Cl. The van der Waals surface area contributed by atoms with Gasteiger partial charge in [0.05, 0.1) is 43.0 Å². The monoisotopic (exact) mass is 877 g/mol. The molecular weight excluding hydrogens is 826 g/mol.